The summed E-state index contributed by atoms with van der Waals surface area (Å²) < 4.78 is -0.222. The Morgan fingerprint density at radius 1 is 1.14 bits per heavy atom. The number of nitrogens with zero attached hydrogens (tertiary/aromatic N) is 3. The lowest BCUT2D eigenvalue weighted by Crippen LogP contribution is -2.65. The largest absolute Gasteiger partial charge is 0.427 e. The van der Waals surface area contributed by atoms with Crippen LogP contribution in [0.4, 0.5) is 9.59 Å². The average molecular weight is 500 g/mol. The molecule has 1 fully saturated rings. The molecule has 0 saturated carbocycles. The Hall–Kier alpha value is -2.64. The van der Waals surface area contributed by atoms with Gasteiger partial charge in [-0.3, -0.25) is 14.6 Å². The van der Waals surface area contributed by atoms with Gasteiger partial charge in [-0.25, -0.2) is 9.59 Å². The number of imide groups is 1. The van der Waals surface area contributed by atoms with Crippen molar-refractivity contribution < 1.29 is 18.9 Å². The van der Waals surface area contributed by atoms with Gasteiger partial charge in [0.2, 0.25) is 0 Å². The van der Waals surface area contributed by atoms with E-state index in [-0.39, 0.29) is 35.0 Å². The molecule has 2 heterocycles. The van der Waals surface area contributed by atoms with Gasteiger partial charge in [-0.2, -0.15) is 4.48 Å². The first-order valence-electron chi connectivity index (χ1n) is 12.6. The molecule has 1 aliphatic carbocycles. The van der Waals surface area contributed by atoms with Crippen molar-refractivity contribution in [2.45, 2.75) is 70.9 Å². The molecule has 1 saturated heterocycles. The fourth-order valence-electron chi connectivity index (χ4n) is 5.61. The molecule has 35 heavy (non-hydrogen) atoms. The second-order valence-corrected chi connectivity index (χ2v) is 10.5. The van der Waals surface area contributed by atoms with E-state index in [1.165, 1.54) is 16.9 Å². The molecule has 0 spiro atoms. The maximum Gasteiger partial charge on any atom is 0.427 e. The highest BCUT2D eigenvalue weighted by atomic mass is 35.5. The maximum atomic E-state index is 13.4. The van der Waals surface area contributed by atoms with Gasteiger partial charge in [0.05, 0.1) is 6.54 Å². The number of rotatable bonds is 3. The summed E-state index contributed by atoms with van der Waals surface area (Å²) in [6.45, 7) is 2.64. The minimum Gasteiger partial charge on any atom is -0.301 e. The monoisotopic (exact) mass is 499 g/mol. The Labute approximate surface area is 213 Å². The van der Waals surface area contributed by atoms with Crippen molar-refractivity contribution in [2.75, 3.05) is 20.6 Å². The molecule has 5 amide bonds. The fraction of sp³-hybridized carbons (Fsp3) is 0.519. The summed E-state index contributed by atoms with van der Waals surface area (Å²) in [5.41, 5.74) is 3.76. The number of likely N-dealkylation sites (tertiary alicyclic amines) is 1. The van der Waals surface area contributed by atoms with Gasteiger partial charge >= 0.3 is 12.1 Å². The summed E-state index contributed by atoms with van der Waals surface area (Å²) >= 11 is 6.57. The zero-order valence-corrected chi connectivity index (χ0v) is 21.7. The average Bonchev–Trinajstić information content (AvgIpc) is 3.11. The van der Waals surface area contributed by atoms with Crippen molar-refractivity contribution in [3.63, 3.8) is 0 Å². The first kappa shape index (κ1) is 25.5. The number of urea groups is 2. The van der Waals surface area contributed by atoms with Crippen LogP contribution in [-0.4, -0.2) is 58.9 Å². The number of halogens is 1. The van der Waals surface area contributed by atoms with Gasteiger partial charge in [-0.1, -0.05) is 23.7 Å². The van der Waals surface area contributed by atoms with E-state index in [0.717, 1.165) is 50.6 Å². The number of hydrogen-bond donors (Lipinski definition) is 1. The summed E-state index contributed by atoms with van der Waals surface area (Å²) in [6.07, 6.45) is 11.9. The van der Waals surface area contributed by atoms with Gasteiger partial charge in [0.25, 0.3) is 5.91 Å². The summed E-state index contributed by atoms with van der Waals surface area (Å²) in [6, 6.07) is 4.64. The molecule has 1 aromatic carbocycles. The smallest absolute Gasteiger partial charge is 0.301 e. The first-order chi connectivity index (χ1) is 16.8. The van der Waals surface area contributed by atoms with Crippen LogP contribution in [0.15, 0.2) is 41.7 Å². The number of benzene rings is 1. The number of hydrogen-bond acceptors (Lipinski definition) is 3. The van der Waals surface area contributed by atoms with Gasteiger partial charge < -0.3 is 5.32 Å². The van der Waals surface area contributed by atoms with Crippen molar-refractivity contribution in [3.05, 3.63) is 57.9 Å². The van der Waals surface area contributed by atoms with Crippen LogP contribution in [0, 0.1) is 0 Å². The second-order valence-electron chi connectivity index (χ2n) is 10.1. The van der Waals surface area contributed by atoms with E-state index < -0.39 is 0 Å². The zero-order chi connectivity index (χ0) is 25.2. The van der Waals surface area contributed by atoms with Gasteiger partial charge in [-0.15, -0.1) is 0 Å². The van der Waals surface area contributed by atoms with Crippen LogP contribution in [0.3, 0.4) is 0 Å². The normalized spacial score (nSPS) is 24.1. The minimum atomic E-state index is -0.309. The van der Waals surface area contributed by atoms with Crippen molar-refractivity contribution in [1.82, 2.24) is 15.1 Å². The third-order valence-corrected chi connectivity index (χ3v) is 7.98. The topological polar surface area (TPSA) is 69.7 Å². The lowest BCUT2D eigenvalue weighted by Gasteiger charge is -2.34. The molecular weight excluding hydrogens is 464 g/mol. The molecule has 2 aliphatic heterocycles. The van der Waals surface area contributed by atoms with Crippen molar-refractivity contribution in [3.8, 4) is 0 Å². The van der Waals surface area contributed by atoms with Crippen LogP contribution in [0.1, 0.15) is 74.2 Å². The molecule has 3 aliphatic rings. The molecule has 2 unspecified atom stereocenters. The Morgan fingerprint density at radius 3 is 2.60 bits per heavy atom. The molecule has 0 bridgehead atoms. The van der Waals surface area contributed by atoms with E-state index in [1.54, 1.807) is 37.2 Å². The Bertz CT molecular complexity index is 1080. The lowest BCUT2D eigenvalue weighted by atomic mass is 9.93. The molecular formula is C27H36ClN4O3+. The van der Waals surface area contributed by atoms with Crippen molar-refractivity contribution in [2.24, 2.45) is 0 Å². The molecule has 4 rings (SSSR count). The molecule has 0 radical (unpaired) electrons. The number of amides is 5. The molecule has 1 aromatic rings. The quantitative estimate of drug-likeness (QED) is 0.533. The number of allylic oxidation sites excluding steroid dienone is 3. The maximum absolute atomic E-state index is 13.4. The highest BCUT2D eigenvalue weighted by Gasteiger charge is 2.53. The molecule has 1 N–H and O–H groups in total. The third kappa shape index (κ3) is 4.89. The van der Waals surface area contributed by atoms with Crippen LogP contribution in [0.5, 0.6) is 0 Å². The zero-order valence-electron chi connectivity index (χ0n) is 21.0. The highest BCUT2D eigenvalue weighted by Crippen LogP contribution is 2.34. The van der Waals surface area contributed by atoms with Gasteiger partial charge in [0.15, 0.2) is 0 Å². The second kappa shape index (κ2) is 10.5. The van der Waals surface area contributed by atoms with Crippen molar-refractivity contribution >= 4 is 29.6 Å². The molecule has 188 valence electrons. The number of carbonyl (C=O) groups is 3. The Morgan fingerprint density at radius 2 is 1.91 bits per heavy atom. The Balaban J connectivity index is 1.49. The minimum absolute atomic E-state index is 0.0815. The SMILES string of the molecule is CC1CCC[N+]1(C(=O)NCc1ccc(C(=O)N2C=CCCC3=C2CCCC3)cc1Cl)C(=O)N(C)C. The summed E-state index contributed by atoms with van der Waals surface area (Å²) in [7, 11) is 3.36. The predicted octanol–water partition coefficient (Wildman–Crippen LogP) is 5.81. The van der Waals surface area contributed by atoms with E-state index in [2.05, 4.69) is 11.4 Å². The summed E-state index contributed by atoms with van der Waals surface area (Å²) in [5, 5.41) is 3.36. The lowest BCUT2D eigenvalue weighted by molar-refractivity contribution is -0.783. The van der Waals surface area contributed by atoms with E-state index in [4.69, 9.17) is 11.6 Å². The molecule has 2 atom stereocenters. The van der Waals surface area contributed by atoms with E-state index in [0.29, 0.717) is 22.7 Å². The fourth-order valence-corrected chi connectivity index (χ4v) is 5.86. The van der Waals surface area contributed by atoms with E-state index in [1.807, 2.05) is 13.1 Å². The molecule has 0 aromatic heterocycles. The predicted molar refractivity (Wildman–Crippen MR) is 137 cm³/mol. The molecule has 7 nitrogen and oxygen atoms in total. The third-order valence-electron chi connectivity index (χ3n) is 7.63. The number of nitrogens with one attached hydrogen (secondary N) is 1. The van der Waals surface area contributed by atoms with Gasteiger partial charge in [-0.05, 0) is 68.7 Å². The molecule has 8 heteroatoms. The van der Waals surface area contributed by atoms with Gasteiger partial charge in [0, 0.05) is 56.0 Å². The standard InChI is InChI=1S/C27H35ClN4O3/c1-19-9-8-16-32(19,27(35)30(2)3)26(34)29-18-22-14-13-21(17-23(22)28)25(33)31-15-7-6-11-20-10-4-5-12-24(20)31/h7,13-15,17,19H,4-6,8-12,16,18H2,1-3H3/p+1. The number of quaternary nitrogens is 1. The van der Waals surface area contributed by atoms with Crippen molar-refractivity contribution in [1.29, 1.82) is 0 Å². The van der Waals surface area contributed by atoms with E-state index >= 15 is 0 Å². The first-order valence-corrected chi connectivity index (χ1v) is 13.0. The van der Waals surface area contributed by atoms with Crippen LogP contribution < -0.4 is 5.32 Å². The van der Waals surface area contributed by atoms with Crippen LogP contribution in [-0.2, 0) is 6.54 Å². The summed E-state index contributed by atoms with van der Waals surface area (Å²) in [4.78, 5) is 42.9. The van der Waals surface area contributed by atoms with Crippen LogP contribution >= 0.6 is 11.6 Å². The van der Waals surface area contributed by atoms with E-state index in [9.17, 15) is 14.4 Å². The highest BCUT2D eigenvalue weighted by molar-refractivity contribution is 6.31. The summed E-state index contributed by atoms with van der Waals surface area (Å²) in [5.74, 6) is -0.0815. The van der Waals surface area contributed by atoms with Crippen LogP contribution in [0.25, 0.3) is 0 Å². The van der Waals surface area contributed by atoms with Crippen LogP contribution in [0.2, 0.25) is 5.02 Å². The number of carbonyl (C=O) groups excluding carboxylic acids is 3. The van der Waals surface area contributed by atoms with Gasteiger partial charge in [0.1, 0.15) is 6.04 Å². The Kier molecular flexibility index (Phi) is 7.67.